The fraction of sp³-hybridized carbons (Fsp3) is 0.933. The van der Waals surface area contributed by atoms with Gasteiger partial charge in [-0.3, -0.25) is 0 Å². The number of hydrogen-bond donors (Lipinski definition) is 3. The topological polar surface area (TPSA) is 60.7 Å². The molecule has 0 amide bonds. The maximum atomic E-state index is 10.9. The van der Waals surface area contributed by atoms with Crippen molar-refractivity contribution in [1.82, 2.24) is 0 Å². The highest BCUT2D eigenvalue weighted by Gasteiger charge is 2.63. The van der Waals surface area contributed by atoms with Crippen LogP contribution in [0.25, 0.3) is 0 Å². The first-order valence-corrected chi connectivity index (χ1v) is 14.0. The standard InChI is InChI=1S/C30H50O3/c1-26(2)21-9-7-19-17-27(3)14-11-23-29(5,16-13-25(33)30(23,6)18-31)22(27)10-8-20(19)28(21,4)15-12-24(26)32/h17,20-25,31-33H,7-16,18H2,1-6H3/t20-,21-,22-,23+,24-,25-,27-,28+,29+,30+/m0/s1. The molecule has 0 bridgehead atoms. The van der Waals surface area contributed by atoms with Crippen molar-refractivity contribution < 1.29 is 15.3 Å². The molecule has 4 fully saturated rings. The van der Waals surface area contributed by atoms with E-state index in [2.05, 4.69) is 47.6 Å². The summed E-state index contributed by atoms with van der Waals surface area (Å²) in [7, 11) is 0. The third-order valence-electron chi connectivity index (χ3n) is 12.9. The molecule has 5 aliphatic carbocycles. The Morgan fingerprint density at radius 2 is 1.39 bits per heavy atom. The zero-order valence-corrected chi connectivity index (χ0v) is 22.2. The van der Waals surface area contributed by atoms with Crippen molar-refractivity contribution in [3.05, 3.63) is 11.6 Å². The van der Waals surface area contributed by atoms with Gasteiger partial charge in [0.15, 0.2) is 0 Å². The summed E-state index contributed by atoms with van der Waals surface area (Å²) in [5.74, 6) is 2.24. The van der Waals surface area contributed by atoms with Gasteiger partial charge in [0, 0.05) is 5.41 Å². The summed E-state index contributed by atoms with van der Waals surface area (Å²) in [5, 5.41) is 32.2. The lowest BCUT2D eigenvalue weighted by atomic mass is 9.42. The van der Waals surface area contributed by atoms with Gasteiger partial charge in [-0.25, -0.2) is 0 Å². The Morgan fingerprint density at radius 1 is 0.727 bits per heavy atom. The van der Waals surface area contributed by atoms with Crippen LogP contribution in [0.5, 0.6) is 0 Å². The predicted molar refractivity (Wildman–Crippen MR) is 134 cm³/mol. The SMILES string of the molecule is CC1(C)[C@@H](O)CC[C@]2(C)[C@H]3CC[C@@H]4[C@@]5(C)CC[C@H](O)[C@](C)(CO)[C@@H]5CC[C@@]4(C)C=C3CC[C@@H]12. The summed E-state index contributed by atoms with van der Waals surface area (Å²) >= 11 is 0. The van der Waals surface area contributed by atoms with Crippen molar-refractivity contribution in [2.45, 2.75) is 118 Å². The van der Waals surface area contributed by atoms with E-state index in [-0.39, 0.29) is 40.5 Å². The molecule has 0 heterocycles. The molecule has 4 saturated carbocycles. The Bertz CT molecular complexity index is 817. The molecule has 5 aliphatic rings. The van der Waals surface area contributed by atoms with E-state index in [1.807, 2.05) is 0 Å². The molecular weight excluding hydrogens is 408 g/mol. The van der Waals surface area contributed by atoms with Crippen LogP contribution in [0.2, 0.25) is 0 Å². The number of hydrogen-bond acceptors (Lipinski definition) is 3. The normalized spacial score (nSPS) is 55.8. The van der Waals surface area contributed by atoms with E-state index in [9.17, 15) is 15.3 Å². The van der Waals surface area contributed by atoms with Crippen LogP contribution in [0.1, 0.15) is 106 Å². The molecule has 0 aromatic rings. The maximum absolute atomic E-state index is 10.9. The quantitative estimate of drug-likeness (QED) is 0.415. The molecule has 0 spiro atoms. The minimum Gasteiger partial charge on any atom is -0.396 e. The van der Waals surface area contributed by atoms with Gasteiger partial charge < -0.3 is 15.3 Å². The lowest BCUT2D eigenvalue weighted by Gasteiger charge is -2.63. The monoisotopic (exact) mass is 458 g/mol. The molecular formula is C30H50O3. The van der Waals surface area contributed by atoms with Crippen LogP contribution < -0.4 is 0 Å². The number of allylic oxidation sites excluding steroid dienone is 2. The van der Waals surface area contributed by atoms with E-state index < -0.39 is 0 Å². The maximum Gasteiger partial charge on any atom is 0.0618 e. The first-order valence-electron chi connectivity index (χ1n) is 14.0. The molecule has 3 N–H and O–H groups in total. The lowest BCUT2D eigenvalue weighted by Crippen LogP contribution is -2.60. The van der Waals surface area contributed by atoms with E-state index in [4.69, 9.17) is 0 Å². The fourth-order valence-corrected chi connectivity index (χ4v) is 11.0. The lowest BCUT2D eigenvalue weighted by molar-refractivity contribution is -0.183. The molecule has 3 heteroatoms. The number of aliphatic hydroxyl groups is 3. The predicted octanol–water partition coefficient (Wildman–Crippen LogP) is 6.11. The van der Waals surface area contributed by atoms with Gasteiger partial charge in [-0.2, -0.15) is 0 Å². The van der Waals surface area contributed by atoms with Crippen molar-refractivity contribution in [1.29, 1.82) is 0 Å². The fourth-order valence-electron chi connectivity index (χ4n) is 11.0. The molecule has 10 atom stereocenters. The molecule has 0 saturated heterocycles. The van der Waals surface area contributed by atoms with Crippen LogP contribution >= 0.6 is 0 Å². The molecule has 0 aromatic carbocycles. The smallest absolute Gasteiger partial charge is 0.0618 e. The highest BCUT2D eigenvalue weighted by molar-refractivity contribution is 5.26. The Balaban J connectivity index is 1.51. The molecule has 33 heavy (non-hydrogen) atoms. The summed E-state index contributed by atoms with van der Waals surface area (Å²) in [6.45, 7) is 14.5. The first kappa shape index (κ1) is 24.3. The summed E-state index contributed by atoms with van der Waals surface area (Å²) < 4.78 is 0. The van der Waals surface area contributed by atoms with Crippen molar-refractivity contribution in [3.63, 3.8) is 0 Å². The highest BCUT2D eigenvalue weighted by atomic mass is 16.3. The number of aliphatic hydroxyl groups excluding tert-OH is 3. The molecule has 0 aliphatic heterocycles. The molecule has 188 valence electrons. The minimum absolute atomic E-state index is 0.00101. The van der Waals surface area contributed by atoms with Gasteiger partial charge in [-0.1, -0.05) is 53.2 Å². The zero-order chi connectivity index (χ0) is 24.0. The van der Waals surface area contributed by atoms with Gasteiger partial charge in [0.1, 0.15) is 0 Å². The first-order chi connectivity index (χ1) is 15.3. The third-order valence-corrected chi connectivity index (χ3v) is 12.9. The Kier molecular flexibility index (Phi) is 5.57. The van der Waals surface area contributed by atoms with E-state index in [0.29, 0.717) is 29.1 Å². The van der Waals surface area contributed by atoms with E-state index >= 15 is 0 Å². The average molecular weight is 459 g/mol. The zero-order valence-electron chi connectivity index (χ0n) is 22.2. The third kappa shape index (κ3) is 3.17. The summed E-state index contributed by atoms with van der Waals surface area (Å²) in [4.78, 5) is 0. The summed E-state index contributed by atoms with van der Waals surface area (Å²) in [6, 6.07) is 0. The molecule has 0 radical (unpaired) electrons. The van der Waals surface area contributed by atoms with Crippen molar-refractivity contribution >= 4 is 0 Å². The van der Waals surface area contributed by atoms with Gasteiger partial charge in [0.2, 0.25) is 0 Å². The van der Waals surface area contributed by atoms with E-state index in [0.717, 1.165) is 32.1 Å². The molecule has 0 unspecified atom stereocenters. The molecule has 5 rings (SSSR count). The van der Waals surface area contributed by atoms with Gasteiger partial charge in [-0.15, -0.1) is 0 Å². The molecule has 0 aromatic heterocycles. The second-order valence-corrected chi connectivity index (χ2v) is 14.7. The second-order valence-electron chi connectivity index (χ2n) is 14.7. The Morgan fingerprint density at radius 3 is 2.09 bits per heavy atom. The second kappa shape index (κ2) is 7.56. The van der Waals surface area contributed by atoms with Crippen LogP contribution in [0.3, 0.4) is 0 Å². The number of fused-ring (bicyclic) bond motifs is 6. The minimum atomic E-state index is -0.382. The Labute approximate surface area is 202 Å². The Hall–Kier alpha value is -0.380. The van der Waals surface area contributed by atoms with Gasteiger partial charge in [-0.05, 0) is 110 Å². The summed E-state index contributed by atoms with van der Waals surface area (Å²) in [6.07, 6.45) is 13.5. The van der Waals surface area contributed by atoms with Gasteiger partial charge in [0.05, 0.1) is 18.8 Å². The van der Waals surface area contributed by atoms with Crippen molar-refractivity contribution in [3.8, 4) is 0 Å². The number of rotatable bonds is 1. The van der Waals surface area contributed by atoms with Crippen molar-refractivity contribution in [2.75, 3.05) is 6.61 Å². The van der Waals surface area contributed by atoms with Crippen LogP contribution in [0, 0.1) is 50.7 Å². The van der Waals surface area contributed by atoms with E-state index in [1.54, 1.807) is 5.57 Å². The largest absolute Gasteiger partial charge is 0.396 e. The van der Waals surface area contributed by atoms with Crippen LogP contribution in [0.15, 0.2) is 11.6 Å². The van der Waals surface area contributed by atoms with E-state index in [1.165, 1.54) is 32.1 Å². The van der Waals surface area contributed by atoms with Crippen LogP contribution in [0.4, 0.5) is 0 Å². The highest BCUT2D eigenvalue weighted by Crippen LogP contribution is 2.69. The van der Waals surface area contributed by atoms with Crippen molar-refractivity contribution in [2.24, 2.45) is 50.7 Å². The van der Waals surface area contributed by atoms with Crippen LogP contribution in [-0.2, 0) is 0 Å². The van der Waals surface area contributed by atoms with Gasteiger partial charge in [0.25, 0.3) is 0 Å². The van der Waals surface area contributed by atoms with Gasteiger partial charge >= 0.3 is 0 Å². The summed E-state index contributed by atoms with van der Waals surface area (Å²) in [5.41, 5.74) is 2.05. The molecule has 3 nitrogen and oxygen atoms in total. The average Bonchev–Trinajstić information content (AvgIpc) is 2.91. The van der Waals surface area contributed by atoms with Crippen LogP contribution in [-0.4, -0.2) is 34.1 Å².